The monoisotopic (exact) mass is 792 g/mol. The summed E-state index contributed by atoms with van der Waals surface area (Å²) in [6.45, 7) is 18.2. The van der Waals surface area contributed by atoms with Crippen LogP contribution in [0.25, 0.3) is 0 Å². The van der Waals surface area contributed by atoms with Crippen LogP contribution in [0.3, 0.4) is 0 Å². The molecule has 0 spiro atoms. The van der Waals surface area contributed by atoms with Crippen LogP contribution in [0.1, 0.15) is 94.9 Å². The highest BCUT2D eigenvalue weighted by Gasteiger charge is 2.58. The maximum atomic E-state index is 14.3. The number of hydrogen-bond donors (Lipinski definition) is 6. The van der Waals surface area contributed by atoms with E-state index in [2.05, 4.69) is 5.32 Å². The second-order valence-corrected chi connectivity index (χ2v) is 18.3. The van der Waals surface area contributed by atoms with Crippen molar-refractivity contribution in [2.75, 3.05) is 48.4 Å². The first-order valence-electron chi connectivity index (χ1n) is 20.2. The third-order valence-corrected chi connectivity index (χ3v) is 12.8. The lowest BCUT2D eigenvalue weighted by Crippen LogP contribution is -2.69. The molecule has 15 nitrogen and oxygen atoms in total. The Balaban J connectivity index is 2.18. The Morgan fingerprint density at radius 3 is 2.09 bits per heavy atom. The summed E-state index contributed by atoms with van der Waals surface area (Å²) in [7, 11) is 9.01. The molecule has 3 aliphatic heterocycles. The number of carbonyl (C=O) groups is 1. The quantitative estimate of drug-likeness (QED) is 0.184. The van der Waals surface area contributed by atoms with Gasteiger partial charge in [-0.05, 0) is 108 Å². The Bertz CT molecular complexity index is 1230. The molecule has 15 heteroatoms. The minimum absolute atomic E-state index is 0.0939. The van der Waals surface area contributed by atoms with Crippen molar-refractivity contribution in [3.63, 3.8) is 0 Å². The lowest BCUT2D eigenvalue weighted by molar-refractivity contribution is -0.338. The van der Waals surface area contributed by atoms with E-state index >= 15 is 0 Å². The minimum Gasteiger partial charge on any atom is -0.459 e. The molecule has 0 bridgehead atoms. The van der Waals surface area contributed by atoms with Crippen molar-refractivity contribution in [3.05, 3.63) is 0 Å². The maximum absolute atomic E-state index is 14.3. The first kappa shape index (κ1) is 48.3. The van der Waals surface area contributed by atoms with Gasteiger partial charge in [-0.3, -0.25) is 4.79 Å². The molecule has 0 amide bonds. The largest absolute Gasteiger partial charge is 0.459 e. The topological polar surface area (TPSA) is 192 Å². The number of nitrogens with zero attached hydrogens (tertiary/aromatic N) is 2. The fourth-order valence-corrected chi connectivity index (χ4v) is 9.20. The van der Waals surface area contributed by atoms with Crippen molar-refractivity contribution in [1.82, 2.24) is 15.1 Å². The summed E-state index contributed by atoms with van der Waals surface area (Å²) in [6.07, 6.45) is -7.58. The SMILES string of the molecule is CC[C@H]1OC(=O)[C@H](C)[C@@H](O[C@H]2C[C@@](C)(OC)[C@@](O)(CN(C)C)[C@H](C)O2)[C@H](C)[C@@H](O[C@@H]2O[C@H](C)C[C@H](N(C)C)[C@H]2O)[C@](C)(O)C[C@@H](C)CN[C@H](C)[C@@H](O)[C@]1(C)O. The van der Waals surface area contributed by atoms with Gasteiger partial charge >= 0.3 is 5.97 Å². The van der Waals surface area contributed by atoms with E-state index in [1.807, 2.05) is 58.8 Å². The molecule has 0 aliphatic carbocycles. The molecule has 324 valence electrons. The number of nitrogens with one attached hydrogen (secondary N) is 1. The van der Waals surface area contributed by atoms with E-state index < -0.39 is 95.5 Å². The van der Waals surface area contributed by atoms with E-state index in [1.165, 1.54) is 14.0 Å². The molecule has 55 heavy (non-hydrogen) atoms. The van der Waals surface area contributed by atoms with Crippen LogP contribution < -0.4 is 5.32 Å². The number of carbonyl (C=O) groups excluding carboxylic acids is 1. The van der Waals surface area contributed by atoms with Crippen LogP contribution in [0, 0.1) is 17.8 Å². The summed E-state index contributed by atoms with van der Waals surface area (Å²) in [5.41, 5.74) is -5.94. The van der Waals surface area contributed by atoms with E-state index in [-0.39, 0.29) is 43.9 Å². The Labute approximate surface area is 330 Å². The van der Waals surface area contributed by atoms with Crippen molar-refractivity contribution >= 4 is 5.97 Å². The van der Waals surface area contributed by atoms with Gasteiger partial charge in [-0.1, -0.05) is 20.8 Å². The minimum atomic E-state index is -1.81. The van der Waals surface area contributed by atoms with Crippen LogP contribution in [0.15, 0.2) is 0 Å². The lowest BCUT2D eigenvalue weighted by Gasteiger charge is -2.54. The van der Waals surface area contributed by atoms with E-state index in [4.69, 9.17) is 28.4 Å². The number of hydrogen-bond acceptors (Lipinski definition) is 15. The molecule has 3 rings (SSSR count). The average molecular weight is 792 g/mol. The standard InChI is InChI=1S/C40H77N3O12/c1-16-29-39(10,48)33(45)26(6)41-20-22(2)18-37(8,47)34(55-36-31(44)28(43(13)14)17-23(3)51-36)24(4)32(25(5)35(46)53-29)54-30-19-38(9,50-15)40(49,21-42(11)12)27(7)52-30/h22-34,36,41,44-45,47-49H,16-21H2,1-15H3/t22-,23-,24+,25-,26-,27+,28+,29-,30+,31-,32+,33-,34-,36+,37-,38-,39-,40-/m1/s1. The maximum Gasteiger partial charge on any atom is 0.311 e. The van der Waals surface area contributed by atoms with Gasteiger partial charge in [-0.15, -0.1) is 0 Å². The Morgan fingerprint density at radius 1 is 0.927 bits per heavy atom. The molecule has 3 heterocycles. The van der Waals surface area contributed by atoms with Gasteiger partial charge in [0.05, 0.1) is 35.9 Å². The van der Waals surface area contributed by atoms with Crippen LogP contribution >= 0.6 is 0 Å². The number of rotatable bonds is 9. The second-order valence-electron chi connectivity index (χ2n) is 18.3. The highest BCUT2D eigenvalue weighted by atomic mass is 16.7. The van der Waals surface area contributed by atoms with E-state index in [0.717, 1.165) is 0 Å². The summed E-state index contributed by atoms with van der Waals surface area (Å²) in [5, 5.41) is 62.4. The van der Waals surface area contributed by atoms with Crippen LogP contribution in [0.4, 0.5) is 0 Å². The zero-order valence-electron chi connectivity index (χ0n) is 36.3. The van der Waals surface area contributed by atoms with Gasteiger partial charge in [0.1, 0.15) is 35.1 Å². The fourth-order valence-electron chi connectivity index (χ4n) is 9.20. The summed E-state index contributed by atoms with van der Waals surface area (Å²) >= 11 is 0. The molecule has 0 radical (unpaired) electrons. The summed E-state index contributed by atoms with van der Waals surface area (Å²) < 4.78 is 38.2. The second kappa shape index (κ2) is 18.9. The predicted octanol–water partition coefficient (Wildman–Crippen LogP) is 1.49. The molecule has 3 fully saturated rings. The summed E-state index contributed by atoms with van der Waals surface area (Å²) in [4.78, 5) is 18.1. The van der Waals surface area contributed by atoms with Gasteiger partial charge < -0.3 is 69.1 Å². The average Bonchev–Trinajstić information content (AvgIpc) is 3.08. The van der Waals surface area contributed by atoms with Gasteiger partial charge in [0.15, 0.2) is 12.6 Å². The van der Waals surface area contributed by atoms with Crippen molar-refractivity contribution in [2.45, 2.75) is 185 Å². The molecular weight excluding hydrogens is 714 g/mol. The predicted molar refractivity (Wildman–Crippen MR) is 207 cm³/mol. The third kappa shape index (κ3) is 10.8. The molecule has 0 aromatic carbocycles. The molecular formula is C40H77N3O12. The van der Waals surface area contributed by atoms with Gasteiger partial charge in [0.25, 0.3) is 0 Å². The molecule has 0 unspecified atom stereocenters. The number of esters is 1. The highest BCUT2D eigenvalue weighted by molar-refractivity contribution is 5.73. The first-order valence-corrected chi connectivity index (χ1v) is 20.2. The number of likely N-dealkylation sites (N-methyl/N-ethyl adjacent to an activating group) is 2. The molecule has 3 saturated heterocycles. The van der Waals surface area contributed by atoms with Crippen LogP contribution in [0.2, 0.25) is 0 Å². The number of ether oxygens (including phenoxy) is 6. The van der Waals surface area contributed by atoms with Crippen molar-refractivity contribution < 1.29 is 58.7 Å². The number of cyclic esters (lactones) is 1. The van der Waals surface area contributed by atoms with Crippen LogP contribution in [0.5, 0.6) is 0 Å². The molecule has 0 saturated carbocycles. The fraction of sp³-hybridized carbons (Fsp3) is 0.975. The first-order chi connectivity index (χ1) is 25.3. The van der Waals surface area contributed by atoms with Gasteiger partial charge in [0.2, 0.25) is 0 Å². The normalized spacial score (nSPS) is 48.7. The van der Waals surface area contributed by atoms with Gasteiger partial charge in [-0.25, -0.2) is 0 Å². The Kier molecular flexibility index (Phi) is 16.6. The smallest absolute Gasteiger partial charge is 0.311 e. The van der Waals surface area contributed by atoms with Crippen molar-refractivity contribution in [2.24, 2.45) is 17.8 Å². The van der Waals surface area contributed by atoms with Crippen molar-refractivity contribution in [3.8, 4) is 0 Å². The number of aliphatic hydroxyl groups is 5. The van der Waals surface area contributed by atoms with Crippen LogP contribution in [-0.4, -0.2) is 179 Å². The van der Waals surface area contributed by atoms with E-state index in [1.54, 1.807) is 41.5 Å². The number of aliphatic hydroxyl groups excluding tert-OH is 2. The molecule has 3 aliphatic rings. The zero-order valence-corrected chi connectivity index (χ0v) is 36.3. The Hall–Kier alpha value is -1.05. The third-order valence-electron chi connectivity index (χ3n) is 12.8. The highest BCUT2D eigenvalue weighted by Crippen LogP contribution is 2.43. The zero-order chi connectivity index (χ0) is 42.0. The molecule has 0 aromatic rings. The van der Waals surface area contributed by atoms with Gasteiger partial charge in [0, 0.05) is 38.1 Å². The summed E-state index contributed by atoms with van der Waals surface area (Å²) in [5.74, 6) is -2.66. The van der Waals surface area contributed by atoms with Crippen molar-refractivity contribution in [1.29, 1.82) is 0 Å². The van der Waals surface area contributed by atoms with E-state index in [0.29, 0.717) is 13.0 Å². The lowest BCUT2D eigenvalue weighted by atomic mass is 9.75. The number of methoxy groups -OCH3 is 1. The van der Waals surface area contributed by atoms with Crippen LogP contribution in [-0.2, 0) is 33.2 Å². The molecule has 18 atom stereocenters. The molecule has 6 N–H and O–H groups in total. The van der Waals surface area contributed by atoms with Gasteiger partial charge in [-0.2, -0.15) is 0 Å². The summed E-state index contributed by atoms with van der Waals surface area (Å²) in [6, 6.07) is -0.876. The van der Waals surface area contributed by atoms with E-state index in [9.17, 15) is 30.3 Å². The molecule has 0 aromatic heterocycles. The Morgan fingerprint density at radius 2 is 1.55 bits per heavy atom.